The number of aliphatic hydroxyl groups is 3. The Morgan fingerprint density at radius 1 is 0.960 bits per heavy atom. The molecule has 4 heteroatoms. The maximum absolute atomic E-state index is 12.6. The van der Waals surface area contributed by atoms with Gasteiger partial charge in [0.2, 0.25) is 0 Å². The first kappa shape index (κ1) is 17.9. The number of Topliss-reactive ketones (excluding diaryl/α,β-unsaturated/α-hetero) is 1. The minimum Gasteiger partial charge on any atom is -0.390 e. The molecule has 0 heterocycles. The zero-order chi connectivity index (χ0) is 18.1. The van der Waals surface area contributed by atoms with Crippen LogP contribution in [0.1, 0.15) is 65.7 Å². The second-order valence-electron chi connectivity index (χ2n) is 9.99. The summed E-state index contributed by atoms with van der Waals surface area (Å²) in [4.78, 5) is 12.6. The molecule has 4 fully saturated rings. The van der Waals surface area contributed by atoms with E-state index in [0.29, 0.717) is 30.0 Å². The van der Waals surface area contributed by atoms with E-state index in [9.17, 15) is 20.1 Å². The molecule has 4 rings (SSSR count). The summed E-state index contributed by atoms with van der Waals surface area (Å²) in [6.07, 6.45) is 3.71. The van der Waals surface area contributed by atoms with Gasteiger partial charge in [-0.05, 0) is 73.0 Å². The monoisotopic (exact) mass is 350 g/mol. The number of hydrogen-bond acceptors (Lipinski definition) is 4. The molecule has 0 saturated heterocycles. The fraction of sp³-hybridized carbons (Fsp3) is 0.952. The average molecular weight is 350 g/mol. The zero-order valence-corrected chi connectivity index (χ0v) is 15.8. The molecule has 4 nitrogen and oxygen atoms in total. The van der Waals surface area contributed by atoms with Crippen molar-refractivity contribution in [2.45, 2.75) is 84.0 Å². The molecule has 4 aliphatic rings. The van der Waals surface area contributed by atoms with Crippen molar-refractivity contribution in [3.63, 3.8) is 0 Å². The lowest BCUT2D eigenvalue weighted by atomic mass is 9.44. The first-order valence-corrected chi connectivity index (χ1v) is 10.3. The highest BCUT2D eigenvalue weighted by Gasteiger charge is 2.63. The molecule has 4 saturated carbocycles. The third-order valence-corrected chi connectivity index (χ3v) is 9.20. The van der Waals surface area contributed by atoms with Gasteiger partial charge in [0.15, 0.2) is 0 Å². The summed E-state index contributed by atoms with van der Waals surface area (Å²) in [6, 6.07) is 0. The Balaban J connectivity index is 1.66. The van der Waals surface area contributed by atoms with E-state index in [1.807, 2.05) is 0 Å². The SMILES string of the molecule is CC[C@@H]1C(=O)C[C@@H]2[C@H]3CC[C@H]4[C@@H](O)[C@@H](O)[C@@H](O)C[C@]4(C)[C@@H]3CC[C@]12C. The van der Waals surface area contributed by atoms with Crippen molar-refractivity contribution in [2.24, 2.45) is 40.4 Å². The normalized spacial score (nSPS) is 58.4. The molecule has 0 aromatic rings. The molecule has 0 amide bonds. The molecule has 0 spiro atoms. The zero-order valence-electron chi connectivity index (χ0n) is 15.8. The number of ketones is 1. The standard InChI is InChI=1S/C21H34O4/c1-4-12-16(22)9-15-11-5-6-14-18(24)19(25)17(23)10-21(14,3)13(11)7-8-20(12,15)2/h11-15,17-19,23-25H,4-10H2,1-3H3/t11-,12+,13+,14-,15+,17-,18+,19-,20+,21+/m0/s1. The lowest BCUT2D eigenvalue weighted by Crippen LogP contribution is -2.61. The predicted octanol–water partition coefficient (Wildman–Crippen LogP) is 2.54. The highest BCUT2D eigenvalue weighted by Crippen LogP contribution is 2.67. The summed E-state index contributed by atoms with van der Waals surface area (Å²) in [5, 5.41) is 31.1. The van der Waals surface area contributed by atoms with Gasteiger partial charge in [-0.1, -0.05) is 20.8 Å². The Morgan fingerprint density at radius 2 is 1.68 bits per heavy atom. The average Bonchev–Trinajstić information content (AvgIpc) is 2.82. The maximum Gasteiger partial charge on any atom is 0.136 e. The Kier molecular flexibility index (Phi) is 4.14. The minimum absolute atomic E-state index is 0.0654. The molecule has 0 aliphatic heterocycles. The third kappa shape index (κ3) is 2.26. The van der Waals surface area contributed by atoms with Gasteiger partial charge in [0.05, 0.1) is 12.2 Å². The van der Waals surface area contributed by atoms with E-state index in [1.165, 1.54) is 0 Å². The van der Waals surface area contributed by atoms with Crippen LogP contribution in [0.2, 0.25) is 0 Å². The second kappa shape index (κ2) is 5.77. The minimum atomic E-state index is -1.01. The van der Waals surface area contributed by atoms with Crippen molar-refractivity contribution in [2.75, 3.05) is 0 Å². The van der Waals surface area contributed by atoms with Gasteiger partial charge in [-0.2, -0.15) is 0 Å². The van der Waals surface area contributed by atoms with Gasteiger partial charge < -0.3 is 15.3 Å². The van der Waals surface area contributed by atoms with Crippen molar-refractivity contribution in [3.05, 3.63) is 0 Å². The fourth-order valence-electron chi connectivity index (χ4n) is 7.97. The largest absolute Gasteiger partial charge is 0.390 e. The topological polar surface area (TPSA) is 77.8 Å². The van der Waals surface area contributed by atoms with Gasteiger partial charge in [-0.25, -0.2) is 0 Å². The van der Waals surface area contributed by atoms with E-state index in [-0.39, 0.29) is 22.7 Å². The van der Waals surface area contributed by atoms with E-state index in [2.05, 4.69) is 20.8 Å². The van der Waals surface area contributed by atoms with Crippen molar-refractivity contribution >= 4 is 5.78 Å². The van der Waals surface area contributed by atoms with Crippen LogP contribution in [-0.2, 0) is 4.79 Å². The molecule has 0 aromatic carbocycles. The first-order chi connectivity index (χ1) is 11.7. The smallest absolute Gasteiger partial charge is 0.136 e. The van der Waals surface area contributed by atoms with Crippen LogP contribution in [-0.4, -0.2) is 39.4 Å². The molecule has 0 bridgehead atoms. The van der Waals surface area contributed by atoms with Crippen LogP contribution in [0.4, 0.5) is 0 Å². The van der Waals surface area contributed by atoms with Crippen molar-refractivity contribution in [3.8, 4) is 0 Å². The Hall–Kier alpha value is -0.450. The van der Waals surface area contributed by atoms with E-state index in [1.54, 1.807) is 0 Å². The molecular weight excluding hydrogens is 316 g/mol. The quantitative estimate of drug-likeness (QED) is 0.679. The first-order valence-electron chi connectivity index (χ1n) is 10.3. The molecule has 10 atom stereocenters. The molecule has 0 unspecified atom stereocenters. The summed E-state index contributed by atoms with van der Waals surface area (Å²) in [7, 11) is 0. The Morgan fingerprint density at radius 3 is 2.36 bits per heavy atom. The molecule has 3 N–H and O–H groups in total. The summed E-state index contributed by atoms with van der Waals surface area (Å²) >= 11 is 0. The van der Waals surface area contributed by atoms with E-state index in [0.717, 1.165) is 38.5 Å². The summed E-state index contributed by atoms with van der Waals surface area (Å²) in [6.45, 7) is 6.72. The number of hydrogen-bond donors (Lipinski definition) is 3. The van der Waals surface area contributed by atoms with E-state index < -0.39 is 18.3 Å². The van der Waals surface area contributed by atoms with Crippen LogP contribution in [0.15, 0.2) is 0 Å². The van der Waals surface area contributed by atoms with Gasteiger partial charge in [-0.3, -0.25) is 4.79 Å². The van der Waals surface area contributed by atoms with Crippen LogP contribution in [0.5, 0.6) is 0 Å². The Labute approximate surface area is 151 Å². The maximum atomic E-state index is 12.6. The molecule has 142 valence electrons. The van der Waals surface area contributed by atoms with Crippen molar-refractivity contribution in [1.82, 2.24) is 0 Å². The third-order valence-electron chi connectivity index (χ3n) is 9.20. The number of rotatable bonds is 1. The van der Waals surface area contributed by atoms with E-state index in [4.69, 9.17) is 0 Å². The van der Waals surface area contributed by atoms with Crippen LogP contribution in [0, 0.1) is 40.4 Å². The van der Waals surface area contributed by atoms with Gasteiger partial charge in [0, 0.05) is 12.3 Å². The summed E-state index contributed by atoms with van der Waals surface area (Å²) < 4.78 is 0. The molecule has 4 aliphatic carbocycles. The van der Waals surface area contributed by atoms with Crippen molar-refractivity contribution in [1.29, 1.82) is 0 Å². The number of fused-ring (bicyclic) bond motifs is 5. The van der Waals surface area contributed by atoms with Crippen LogP contribution < -0.4 is 0 Å². The highest BCUT2D eigenvalue weighted by molar-refractivity contribution is 5.84. The van der Waals surface area contributed by atoms with Crippen LogP contribution in [0.25, 0.3) is 0 Å². The summed E-state index contributed by atoms with van der Waals surface area (Å²) in [5.74, 6) is 2.17. The highest BCUT2D eigenvalue weighted by atomic mass is 16.4. The van der Waals surface area contributed by atoms with Gasteiger partial charge in [0.1, 0.15) is 11.9 Å². The summed E-state index contributed by atoms with van der Waals surface area (Å²) in [5.41, 5.74) is 0.0112. The number of carbonyl (C=O) groups excluding carboxylic acids is 1. The lowest BCUT2D eigenvalue weighted by molar-refractivity contribution is -0.207. The van der Waals surface area contributed by atoms with Gasteiger partial charge >= 0.3 is 0 Å². The molecular formula is C21H34O4. The molecule has 25 heavy (non-hydrogen) atoms. The van der Waals surface area contributed by atoms with Gasteiger partial charge in [0.25, 0.3) is 0 Å². The van der Waals surface area contributed by atoms with Crippen LogP contribution >= 0.6 is 0 Å². The molecule has 0 aromatic heterocycles. The fourth-order valence-corrected chi connectivity index (χ4v) is 7.97. The number of aliphatic hydroxyl groups excluding tert-OH is 3. The molecule has 0 radical (unpaired) electrons. The Bertz CT molecular complexity index is 562. The second-order valence-corrected chi connectivity index (χ2v) is 9.99. The van der Waals surface area contributed by atoms with E-state index >= 15 is 0 Å². The van der Waals surface area contributed by atoms with Crippen LogP contribution in [0.3, 0.4) is 0 Å². The van der Waals surface area contributed by atoms with Crippen molar-refractivity contribution < 1.29 is 20.1 Å². The van der Waals surface area contributed by atoms with Gasteiger partial charge in [-0.15, -0.1) is 0 Å². The number of carbonyl (C=O) groups is 1. The predicted molar refractivity (Wildman–Crippen MR) is 94.7 cm³/mol. The lowest BCUT2D eigenvalue weighted by Gasteiger charge is -2.62.